The SMILES string of the molecule is Cn1cnc(Nc2ncc(Cl)c(NC3CCC4(CC3)CCN(C(=O)CC#N)CC4)n2)c1. The summed E-state index contributed by atoms with van der Waals surface area (Å²) in [4.78, 5) is 26.8. The number of aryl methyl sites for hydroxylation is 1. The third-order valence-corrected chi connectivity index (χ3v) is 6.76. The van der Waals surface area contributed by atoms with E-state index in [9.17, 15) is 4.79 Å². The molecule has 2 aromatic rings. The van der Waals surface area contributed by atoms with Crippen molar-refractivity contribution in [2.75, 3.05) is 23.7 Å². The molecule has 3 heterocycles. The number of amides is 1. The lowest BCUT2D eigenvalue weighted by Gasteiger charge is -2.46. The summed E-state index contributed by atoms with van der Waals surface area (Å²) >= 11 is 6.34. The lowest BCUT2D eigenvalue weighted by atomic mass is 9.67. The van der Waals surface area contributed by atoms with Gasteiger partial charge in [-0.15, -0.1) is 0 Å². The van der Waals surface area contributed by atoms with E-state index in [1.54, 1.807) is 12.5 Å². The van der Waals surface area contributed by atoms with Crippen LogP contribution in [-0.4, -0.2) is 49.5 Å². The predicted molar refractivity (Wildman–Crippen MR) is 118 cm³/mol. The first kappa shape index (κ1) is 21.4. The zero-order valence-corrected chi connectivity index (χ0v) is 18.4. The molecule has 1 aliphatic heterocycles. The van der Waals surface area contributed by atoms with Crippen molar-refractivity contribution in [3.05, 3.63) is 23.7 Å². The molecule has 10 heteroatoms. The largest absolute Gasteiger partial charge is 0.366 e. The molecule has 0 radical (unpaired) electrons. The van der Waals surface area contributed by atoms with Crippen LogP contribution in [0.15, 0.2) is 18.7 Å². The Bertz CT molecular complexity index is 966. The van der Waals surface area contributed by atoms with Gasteiger partial charge in [-0.1, -0.05) is 11.6 Å². The van der Waals surface area contributed by atoms with Gasteiger partial charge >= 0.3 is 0 Å². The molecular weight excluding hydrogens is 416 g/mol. The minimum absolute atomic E-state index is 0.0180. The van der Waals surface area contributed by atoms with Gasteiger partial charge in [0, 0.05) is 32.4 Å². The fourth-order valence-electron chi connectivity index (χ4n) is 4.60. The smallest absolute Gasteiger partial charge is 0.236 e. The van der Waals surface area contributed by atoms with E-state index in [-0.39, 0.29) is 12.3 Å². The minimum atomic E-state index is -0.0405. The van der Waals surface area contributed by atoms with Gasteiger partial charge in [0.25, 0.3) is 0 Å². The van der Waals surface area contributed by atoms with Crippen LogP contribution in [0.4, 0.5) is 17.6 Å². The van der Waals surface area contributed by atoms with Crippen LogP contribution < -0.4 is 10.6 Å². The highest BCUT2D eigenvalue weighted by molar-refractivity contribution is 6.32. The second-order valence-corrected chi connectivity index (χ2v) is 8.98. The number of hydrogen-bond donors (Lipinski definition) is 2. The Hall–Kier alpha value is -2.86. The van der Waals surface area contributed by atoms with Crippen molar-refractivity contribution in [2.24, 2.45) is 12.5 Å². The zero-order chi connectivity index (χ0) is 21.8. The van der Waals surface area contributed by atoms with E-state index in [1.165, 1.54) is 0 Å². The van der Waals surface area contributed by atoms with Gasteiger partial charge in [-0.3, -0.25) is 4.79 Å². The number of likely N-dealkylation sites (tertiary alicyclic amines) is 1. The molecule has 2 fully saturated rings. The zero-order valence-electron chi connectivity index (χ0n) is 17.6. The molecule has 31 heavy (non-hydrogen) atoms. The van der Waals surface area contributed by atoms with Crippen LogP contribution in [-0.2, 0) is 11.8 Å². The van der Waals surface area contributed by atoms with E-state index in [0.717, 1.165) is 51.6 Å². The molecule has 1 amide bonds. The van der Waals surface area contributed by atoms with Gasteiger partial charge in [0.15, 0.2) is 11.6 Å². The van der Waals surface area contributed by atoms with Crippen LogP contribution in [0.5, 0.6) is 0 Å². The van der Waals surface area contributed by atoms with E-state index in [1.807, 2.05) is 28.8 Å². The van der Waals surface area contributed by atoms with Gasteiger partial charge in [0.1, 0.15) is 11.4 Å². The van der Waals surface area contributed by atoms with Crippen LogP contribution in [0.25, 0.3) is 0 Å². The summed E-state index contributed by atoms with van der Waals surface area (Å²) < 4.78 is 1.85. The Labute approximate surface area is 186 Å². The first-order valence-electron chi connectivity index (χ1n) is 10.7. The predicted octanol–water partition coefficient (Wildman–Crippen LogP) is 3.48. The van der Waals surface area contributed by atoms with E-state index >= 15 is 0 Å². The normalized spacial score (nSPS) is 18.5. The number of halogens is 1. The molecule has 1 saturated heterocycles. The van der Waals surface area contributed by atoms with Gasteiger partial charge in [0.05, 0.1) is 18.6 Å². The summed E-state index contributed by atoms with van der Waals surface area (Å²) in [7, 11) is 1.90. The quantitative estimate of drug-likeness (QED) is 0.728. The molecule has 0 bridgehead atoms. The molecule has 2 N–H and O–H groups in total. The Morgan fingerprint density at radius 1 is 1.29 bits per heavy atom. The number of carbonyl (C=O) groups is 1. The average molecular weight is 443 g/mol. The van der Waals surface area contributed by atoms with Gasteiger partial charge < -0.3 is 20.1 Å². The third kappa shape index (κ3) is 5.07. The summed E-state index contributed by atoms with van der Waals surface area (Å²) in [6, 6.07) is 2.26. The number of carbonyl (C=O) groups excluding carboxylic acids is 1. The Morgan fingerprint density at radius 2 is 2.03 bits per heavy atom. The van der Waals surface area contributed by atoms with Gasteiger partial charge in [-0.25, -0.2) is 9.97 Å². The molecule has 0 aromatic carbocycles. The van der Waals surface area contributed by atoms with Crippen molar-refractivity contribution in [3.63, 3.8) is 0 Å². The molecule has 164 valence electrons. The van der Waals surface area contributed by atoms with Crippen molar-refractivity contribution in [3.8, 4) is 6.07 Å². The summed E-state index contributed by atoms with van der Waals surface area (Å²) in [6.45, 7) is 1.53. The molecule has 1 aliphatic carbocycles. The summed E-state index contributed by atoms with van der Waals surface area (Å²) in [5.41, 5.74) is 0.308. The number of piperidine rings is 1. The van der Waals surface area contributed by atoms with E-state index in [0.29, 0.717) is 34.1 Å². The molecule has 2 aromatic heterocycles. The van der Waals surface area contributed by atoms with Crippen LogP contribution in [0.3, 0.4) is 0 Å². The fraction of sp³-hybridized carbons (Fsp3) is 0.571. The molecule has 1 spiro atoms. The summed E-state index contributed by atoms with van der Waals surface area (Å²) in [6.07, 6.45) is 11.5. The van der Waals surface area contributed by atoms with Crippen molar-refractivity contribution in [2.45, 2.75) is 51.0 Å². The fourth-order valence-corrected chi connectivity index (χ4v) is 4.74. The van der Waals surface area contributed by atoms with Crippen molar-refractivity contribution in [1.82, 2.24) is 24.4 Å². The Morgan fingerprint density at radius 3 is 2.68 bits per heavy atom. The highest BCUT2D eigenvalue weighted by atomic mass is 35.5. The lowest BCUT2D eigenvalue weighted by molar-refractivity contribution is -0.132. The minimum Gasteiger partial charge on any atom is -0.366 e. The number of nitriles is 1. The van der Waals surface area contributed by atoms with Crippen LogP contribution in [0.2, 0.25) is 5.02 Å². The molecule has 4 rings (SSSR count). The van der Waals surface area contributed by atoms with E-state index in [2.05, 4.69) is 25.6 Å². The van der Waals surface area contributed by atoms with Crippen LogP contribution in [0.1, 0.15) is 44.9 Å². The molecule has 0 atom stereocenters. The average Bonchev–Trinajstić information content (AvgIpc) is 3.17. The van der Waals surface area contributed by atoms with Crippen LogP contribution in [0, 0.1) is 16.7 Å². The topological polar surface area (TPSA) is 112 Å². The Balaban J connectivity index is 1.31. The van der Waals surface area contributed by atoms with Gasteiger partial charge in [-0.2, -0.15) is 10.2 Å². The molecule has 2 aliphatic rings. The van der Waals surface area contributed by atoms with Crippen molar-refractivity contribution < 1.29 is 4.79 Å². The highest BCUT2D eigenvalue weighted by Gasteiger charge is 2.39. The van der Waals surface area contributed by atoms with Crippen molar-refractivity contribution in [1.29, 1.82) is 5.26 Å². The number of nitrogens with one attached hydrogen (secondary N) is 2. The van der Waals surface area contributed by atoms with Gasteiger partial charge in [0.2, 0.25) is 11.9 Å². The molecule has 1 saturated carbocycles. The number of rotatable bonds is 5. The number of anilines is 3. The number of hydrogen-bond acceptors (Lipinski definition) is 7. The standard InChI is InChI=1S/C21H27ClN8O/c1-29-13-17(25-14-29)27-20-24-12-16(22)19(28-20)26-15-2-5-21(6-3-15)7-10-30(11-8-21)18(31)4-9-23/h12-15H,2-8,10-11H2,1H3,(H2,24,26,27,28). The maximum Gasteiger partial charge on any atom is 0.236 e. The summed E-state index contributed by atoms with van der Waals surface area (Å²) in [5.74, 6) is 1.72. The summed E-state index contributed by atoms with van der Waals surface area (Å²) in [5, 5.41) is 15.8. The van der Waals surface area contributed by atoms with Crippen molar-refractivity contribution >= 4 is 35.1 Å². The van der Waals surface area contributed by atoms with Gasteiger partial charge in [-0.05, 0) is 43.9 Å². The Kier molecular flexibility index (Phi) is 6.28. The third-order valence-electron chi connectivity index (χ3n) is 6.48. The number of imidazole rings is 1. The second kappa shape index (κ2) is 9.10. The highest BCUT2D eigenvalue weighted by Crippen LogP contribution is 2.45. The second-order valence-electron chi connectivity index (χ2n) is 8.57. The first-order valence-corrected chi connectivity index (χ1v) is 11.0. The molecule has 9 nitrogen and oxygen atoms in total. The maximum atomic E-state index is 12.0. The number of nitrogens with zero attached hydrogens (tertiary/aromatic N) is 6. The molecular formula is C21H27ClN8O. The monoisotopic (exact) mass is 442 g/mol. The molecule has 0 unspecified atom stereocenters. The maximum absolute atomic E-state index is 12.0. The number of aromatic nitrogens is 4. The van der Waals surface area contributed by atoms with Crippen LogP contribution >= 0.6 is 11.6 Å². The van der Waals surface area contributed by atoms with E-state index in [4.69, 9.17) is 16.9 Å². The first-order chi connectivity index (χ1) is 15.0. The lowest BCUT2D eigenvalue weighted by Crippen LogP contribution is -2.45. The van der Waals surface area contributed by atoms with E-state index < -0.39 is 0 Å².